The van der Waals surface area contributed by atoms with E-state index in [4.69, 9.17) is 9.47 Å². The van der Waals surface area contributed by atoms with E-state index in [0.29, 0.717) is 28.8 Å². The number of aryl methyl sites for hydroxylation is 1. The molecular formula is C26H28N6O4. The molecule has 5 rings (SSSR count). The average molecular weight is 489 g/mol. The highest BCUT2D eigenvalue weighted by Crippen LogP contribution is 2.39. The first-order valence-corrected chi connectivity index (χ1v) is 11.8. The average Bonchev–Trinajstić information content (AvgIpc) is 3.60. The number of carbonyl (C=O) groups excluding carboxylic acids is 1. The Morgan fingerprint density at radius 1 is 1.06 bits per heavy atom. The Hall–Kier alpha value is -4.34. The van der Waals surface area contributed by atoms with Crippen LogP contribution in [0, 0.1) is 0 Å². The molecule has 0 unspecified atom stereocenters. The Labute approximate surface area is 208 Å². The van der Waals surface area contributed by atoms with Gasteiger partial charge in [-0.1, -0.05) is 18.2 Å². The van der Waals surface area contributed by atoms with Gasteiger partial charge in [-0.15, -0.1) is 0 Å². The van der Waals surface area contributed by atoms with E-state index in [9.17, 15) is 9.59 Å². The second-order valence-corrected chi connectivity index (χ2v) is 8.67. The first-order chi connectivity index (χ1) is 17.5. The van der Waals surface area contributed by atoms with Crippen molar-refractivity contribution >= 4 is 5.91 Å². The summed E-state index contributed by atoms with van der Waals surface area (Å²) in [5, 5.41) is 12.0. The van der Waals surface area contributed by atoms with E-state index in [1.807, 2.05) is 36.4 Å². The number of hydrogen-bond acceptors (Lipinski definition) is 6. The Balaban J connectivity index is 1.31. The van der Waals surface area contributed by atoms with Gasteiger partial charge in [0, 0.05) is 25.1 Å². The van der Waals surface area contributed by atoms with Crippen molar-refractivity contribution in [3.8, 4) is 28.4 Å². The molecule has 4 aromatic rings. The number of para-hydroxylation sites is 1. The number of nitrogens with one attached hydrogen (secondary N) is 1. The molecule has 1 amide bonds. The van der Waals surface area contributed by atoms with Crippen molar-refractivity contribution in [3.63, 3.8) is 0 Å². The number of hydrogen-bond donors (Lipinski definition) is 1. The maximum absolute atomic E-state index is 13.1. The van der Waals surface area contributed by atoms with Crippen molar-refractivity contribution < 1.29 is 14.3 Å². The lowest BCUT2D eigenvalue weighted by molar-refractivity contribution is 0.0942. The summed E-state index contributed by atoms with van der Waals surface area (Å²) in [4.78, 5) is 26.0. The lowest BCUT2D eigenvalue weighted by atomic mass is 10.1. The number of rotatable bonds is 9. The minimum Gasteiger partial charge on any atom is -0.497 e. The molecule has 1 N–H and O–H groups in total. The van der Waals surface area contributed by atoms with Crippen LogP contribution in [-0.2, 0) is 13.6 Å². The third-order valence-electron chi connectivity index (χ3n) is 6.23. The fourth-order valence-electron chi connectivity index (χ4n) is 4.19. The van der Waals surface area contributed by atoms with Crippen LogP contribution in [-0.4, -0.2) is 50.8 Å². The zero-order valence-corrected chi connectivity index (χ0v) is 20.5. The predicted molar refractivity (Wildman–Crippen MR) is 134 cm³/mol. The van der Waals surface area contributed by atoms with E-state index in [-0.39, 0.29) is 24.7 Å². The fraction of sp³-hybridized carbons (Fsp3) is 0.308. The SMILES string of the molecule is COc1ccc(OC)c(-c2cc(C(=O)NCCn3nc(C4CC4)n(-c4ccccc4)c3=O)n(C)n2)c1. The van der Waals surface area contributed by atoms with Gasteiger partial charge >= 0.3 is 5.69 Å². The molecule has 0 atom stereocenters. The van der Waals surface area contributed by atoms with Crippen molar-refractivity contribution in [2.24, 2.45) is 7.05 Å². The number of benzene rings is 2. The molecule has 2 aromatic carbocycles. The first kappa shape index (κ1) is 23.4. The molecule has 0 saturated heterocycles. The van der Waals surface area contributed by atoms with Crippen LogP contribution in [0.5, 0.6) is 11.5 Å². The second-order valence-electron chi connectivity index (χ2n) is 8.67. The Kier molecular flexibility index (Phi) is 6.32. The summed E-state index contributed by atoms with van der Waals surface area (Å²) in [7, 11) is 4.88. The zero-order valence-electron chi connectivity index (χ0n) is 20.5. The van der Waals surface area contributed by atoms with Crippen molar-refractivity contribution in [2.75, 3.05) is 20.8 Å². The number of nitrogens with zero attached hydrogens (tertiary/aromatic N) is 5. The second kappa shape index (κ2) is 9.73. The van der Waals surface area contributed by atoms with Gasteiger partial charge in [0.25, 0.3) is 5.91 Å². The van der Waals surface area contributed by atoms with Crippen LogP contribution in [0.15, 0.2) is 59.4 Å². The summed E-state index contributed by atoms with van der Waals surface area (Å²) in [5.41, 5.74) is 2.29. The van der Waals surface area contributed by atoms with Gasteiger partial charge in [-0.05, 0) is 49.2 Å². The molecular weight excluding hydrogens is 460 g/mol. The smallest absolute Gasteiger partial charge is 0.350 e. The maximum Gasteiger partial charge on any atom is 0.350 e. The first-order valence-electron chi connectivity index (χ1n) is 11.8. The van der Waals surface area contributed by atoms with Gasteiger partial charge in [-0.25, -0.2) is 14.0 Å². The highest BCUT2D eigenvalue weighted by Gasteiger charge is 2.31. The van der Waals surface area contributed by atoms with Crippen LogP contribution in [0.1, 0.15) is 35.1 Å². The van der Waals surface area contributed by atoms with Gasteiger partial charge < -0.3 is 14.8 Å². The lowest BCUT2D eigenvalue weighted by Gasteiger charge is -2.08. The maximum atomic E-state index is 13.1. The van der Waals surface area contributed by atoms with Crippen molar-refractivity contribution in [3.05, 3.63) is 76.6 Å². The van der Waals surface area contributed by atoms with Gasteiger partial charge in [0.15, 0.2) is 0 Å². The van der Waals surface area contributed by atoms with E-state index in [1.54, 1.807) is 44.0 Å². The zero-order chi connectivity index (χ0) is 25.2. The standard InChI is InChI=1S/C26H28N6O4/c1-30-22(16-21(28-30)20-15-19(35-2)11-12-23(20)36-3)25(33)27-13-14-31-26(34)32(18-7-5-4-6-8-18)24(29-31)17-9-10-17/h4-8,11-12,15-17H,9-10,13-14H2,1-3H3,(H,27,33). The number of aromatic nitrogens is 5. The predicted octanol–water partition coefficient (Wildman–Crippen LogP) is 2.76. The molecule has 10 nitrogen and oxygen atoms in total. The molecule has 1 saturated carbocycles. The summed E-state index contributed by atoms with van der Waals surface area (Å²) < 4.78 is 15.4. The lowest BCUT2D eigenvalue weighted by Crippen LogP contribution is -2.32. The highest BCUT2D eigenvalue weighted by molar-refractivity contribution is 5.93. The van der Waals surface area contributed by atoms with Crippen molar-refractivity contribution in [1.82, 2.24) is 29.4 Å². The Bertz CT molecular complexity index is 1450. The van der Waals surface area contributed by atoms with Crippen LogP contribution in [0.3, 0.4) is 0 Å². The van der Waals surface area contributed by atoms with Gasteiger partial charge in [0.2, 0.25) is 0 Å². The molecule has 186 valence electrons. The van der Waals surface area contributed by atoms with Crippen LogP contribution in [0.4, 0.5) is 0 Å². The molecule has 1 fully saturated rings. The van der Waals surface area contributed by atoms with Gasteiger partial charge in [-0.3, -0.25) is 9.48 Å². The summed E-state index contributed by atoms with van der Waals surface area (Å²) in [6.45, 7) is 0.510. The van der Waals surface area contributed by atoms with Crippen molar-refractivity contribution in [2.45, 2.75) is 25.3 Å². The minimum atomic E-state index is -0.295. The number of amides is 1. The molecule has 36 heavy (non-hydrogen) atoms. The van der Waals surface area contributed by atoms with Crippen LogP contribution in [0.25, 0.3) is 16.9 Å². The molecule has 10 heteroatoms. The largest absolute Gasteiger partial charge is 0.497 e. The molecule has 2 heterocycles. The summed E-state index contributed by atoms with van der Waals surface area (Å²) >= 11 is 0. The molecule has 0 bridgehead atoms. The quantitative estimate of drug-likeness (QED) is 0.388. The number of ether oxygens (including phenoxy) is 2. The summed E-state index contributed by atoms with van der Waals surface area (Å²) in [6.07, 6.45) is 2.06. The number of carbonyl (C=O) groups is 1. The number of methoxy groups -OCH3 is 2. The molecule has 0 spiro atoms. The van der Waals surface area contributed by atoms with Gasteiger partial charge in [0.1, 0.15) is 23.0 Å². The van der Waals surface area contributed by atoms with E-state index >= 15 is 0 Å². The monoisotopic (exact) mass is 488 g/mol. The molecule has 1 aliphatic carbocycles. The van der Waals surface area contributed by atoms with Crippen LogP contribution < -0.4 is 20.5 Å². The van der Waals surface area contributed by atoms with E-state index < -0.39 is 0 Å². The Morgan fingerprint density at radius 2 is 1.83 bits per heavy atom. The van der Waals surface area contributed by atoms with Gasteiger partial charge in [-0.2, -0.15) is 10.2 Å². The Morgan fingerprint density at radius 3 is 2.53 bits per heavy atom. The normalized spacial score (nSPS) is 13.0. The van der Waals surface area contributed by atoms with Crippen LogP contribution in [0.2, 0.25) is 0 Å². The minimum absolute atomic E-state index is 0.203. The van der Waals surface area contributed by atoms with E-state index in [1.165, 1.54) is 9.36 Å². The van der Waals surface area contributed by atoms with Crippen LogP contribution >= 0.6 is 0 Å². The summed E-state index contributed by atoms with van der Waals surface area (Å²) in [5.74, 6) is 2.07. The topological polar surface area (TPSA) is 105 Å². The molecule has 0 radical (unpaired) electrons. The van der Waals surface area contributed by atoms with Crippen molar-refractivity contribution in [1.29, 1.82) is 0 Å². The fourth-order valence-corrected chi connectivity index (χ4v) is 4.19. The molecule has 2 aromatic heterocycles. The van der Waals surface area contributed by atoms with Gasteiger partial charge in [0.05, 0.1) is 32.1 Å². The molecule has 1 aliphatic rings. The van der Waals surface area contributed by atoms with E-state index in [2.05, 4.69) is 15.5 Å². The van der Waals surface area contributed by atoms with E-state index in [0.717, 1.165) is 29.9 Å². The summed E-state index contributed by atoms with van der Waals surface area (Å²) in [6, 6.07) is 16.6. The molecule has 0 aliphatic heterocycles. The third kappa shape index (κ3) is 4.49. The highest BCUT2D eigenvalue weighted by atomic mass is 16.5. The third-order valence-corrected chi connectivity index (χ3v) is 6.23.